The van der Waals surface area contributed by atoms with Crippen molar-refractivity contribution >= 4 is 51.6 Å². The number of ether oxygens (including phenoxy) is 1. The largest absolute Gasteiger partial charge is 0.470 e. The molecule has 7 nitrogen and oxygen atoms in total. The van der Waals surface area contributed by atoms with Gasteiger partial charge in [0.1, 0.15) is 17.9 Å². The summed E-state index contributed by atoms with van der Waals surface area (Å²) in [6.07, 6.45) is 2.42. The van der Waals surface area contributed by atoms with E-state index in [1.807, 2.05) is 6.92 Å². The molecular formula is C20H16Cl2FN5O2. The number of aromatic nitrogens is 3. The van der Waals surface area contributed by atoms with Crippen LogP contribution >= 0.6 is 23.2 Å². The maximum absolute atomic E-state index is 14.4. The molecule has 0 bridgehead atoms. The molecule has 1 unspecified atom stereocenters. The summed E-state index contributed by atoms with van der Waals surface area (Å²) in [5, 5.41) is 2.80. The van der Waals surface area contributed by atoms with Crippen LogP contribution in [-0.2, 0) is 4.79 Å². The number of rotatable bonds is 5. The third-order valence-corrected chi connectivity index (χ3v) is 5.66. The molecule has 1 fully saturated rings. The second-order valence-electron chi connectivity index (χ2n) is 6.68. The van der Waals surface area contributed by atoms with Crippen LogP contribution in [0.4, 0.5) is 15.9 Å². The molecule has 3 heterocycles. The van der Waals surface area contributed by atoms with E-state index in [4.69, 9.17) is 27.9 Å². The molecule has 4 rings (SSSR count). The lowest BCUT2D eigenvalue weighted by Gasteiger charge is -2.44. The maximum Gasteiger partial charge on any atom is 0.246 e. The fourth-order valence-electron chi connectivity index (χ4n) is 3.10. The van der Waals surface area contributed by atoms with Gasteiger partial charge < -0.3 is 15.0 Å². The van der Waals surface area contributed by atoms with Crippen molar-refractivity contribution in [3.8, 4) is 5.88 Å². The molecule has 2 aromatic heterocycles. The predicted molar refractivity (Wildman–Crippen MR) is 113 cm³/mol. The first kappa shape index (κ1) is 20.3. The molecule has 0 radical (unpaired) electrons. The Kier molecular flexibility index (Phi) is 5.44. The molecule has 1 saturated heterocycles. The zero-order valence-electron chi connectivity index (χ0n) is 15.8. The normalized spacial score (nSPS) is 18.1. The summed E-state index contributed by atoms with van der Waals surface area (Å²) in [6, 6.07) is 6.24. The molecule has 0 aliphatic carbocycles. The van der Waals surface area contributed by atoms with Gasteiger partial charge in [0.15, 0.2) is 11.6 Å². The highest BCUT2D eigenvalue weighted by molar-refractivity contribution is 6.42. The number of anilines is 2. The summed E-state index contributed by atoms with van der Waals surface area (Å²) < 4.78 is 20.3. The van der Waals surface area contributed by atoms with Gasteiger partial charge in [0.05, 0.1) is 33.8 Å². The molecular weight excluding hydrogens is 432 g/mol. The van der Waals surface area contributed by atoms with Gasteiger partial charge in [-0.1, -0.05) is 29.8 Å². The van der Waals surface area contributed by atoms with Gasteiger partial charge in [-0.15, -0.1) is 0 Å². The second kappa shape index (κ2) is 8.04. The van der Waals surface area contributed by atoms with Gasteiger partial charge in [0.2, 0.25) is 11.8 Å². The molecule has 0 saturated carbocycles. The van der Waals surface area contributed by atoms with E-state index in [2.05, 4.69) is 26.8 Å². The van der Waals surface area contributed by atoms with Crippen LogP contribution in [-0.4, -0.2) is 44.4 Å². The van der Waals surface area contributed by atoms with E-state index >= 15 is 0 Å². The summed E-state index contributed by atoms with van der Waals surface area (Å²) in [5.74, 6) is -0.207. The fourth-order valence-corrected chi connectivity index (χ4v) is 3.41. The number of nitrogens with zero attached hydrogens (tertiary/aromatic N) is 4. The minimum Gasteiger partial charge on any atom is -0.470 e. The lowest BCUT2D eigenvalue weighted by atomic mass is 10.0. The number of pyridine rings is 1. The Balaban J connectivity index is 1.60. The van der Waals surface area contributed by atoms with Gasteiger partial charge in [-0.3, -0.25) is 4.79 Å². The van der Waals surface area contributed by atoms with Gasteiger partial charge in [0.25, 0.3) is 0 Å². The standard InChI is InChI=1S/C20H16Cl2FN5O2/c1-3-16(29)28-8-14(10(28)2)30-15-7-6-13-19(27-15)20(25-9-24-13)26-12-5-4-11(21)17(22)18(12)23/h3-7,9-10,14H,1,8H2,2H3,(H,24,25,26)/t10-,14?/m1/s1. The van der Waals surface area contributed by atoms with Crippen LogP contribution in [0, 0.1) is 5.82 Å². The van der Waals surface area contributed by atoms with Gasteiger partial charge in [-0.05, 0) is 31.2 Å². The highest BCUT2D eigenvalue weighted by atomic mass is 35.5. The van der Waals surface area contributed by atoms with E-state index in [0.717, 1.165) is 0 Å². The van der Waals surface area contributed by atoms with Crippen LogP contribution in [0.1, 0.15) is 6.92 Å². The van der Waals surface area contributed by atoms with Crippen molar-refractivity contribution in [3.63, 3.8) is 0 Å². The van der Waals surface area contributed by atoms with E-state index < -0.39 is 5.82 Å². The van der Waals surface area contributed by atoms with Crippen molar-refractivity contribution < 1.29 is 13.9 Å². The first-order chi connectivity index (χ1) is 14.4. The molecule has 1 aliphatic heterocycles. The third-order valence-electron chi connectivity index (χ3n) is 4.88. The number of carbonyl (C=O) groups is 1. The lowest BCUT2D eigenvalue weighted by Crippen LogP contribution is -2.62. The maximum atomic E-state index is 14.4. The van der Waals surface area contributed by atoms with Gasteiger partial charge in [-0.2, -0.15) is 0 Å². The summed E-state index contributed by atoms with van der Waals surface area (Å²) in [5.41, 5.74) is 1.04. The van der Waals surface area contributed by atoms with Crippen molar-refractivity contribution in [3.05, 3.63) is 59.1 Å². The second-order valence-corrected chi connectivity index (χ2v) is 7.46. The van der Waals surface area contributed by atoms with E-state index in [1.54, 1.807) is 17.0 Å². The number of halogens is 3. The van der Waals surface area contributed by atoms with Crippen molar-refractivity contribution in [2.75, 3.05) is 11.9 Å². The number of likely N-dealkylation sites (tertiary alicyclic amines) is 1. The molecule has 1 N–H and O–H groups in total. The number of fused-ring (bicyclic) bond motifs is 1. The average Bonchev–Trinajstić information content (AvgIpc) is 2.76. The van der Waals surface area contributed by atoms with Crippen LogP contribution in [0.2, 0.25) is 10.0 Å². The SMILES string of the molecule is C=CC(=O)N1CC(Oc2ccc3ncnc(Nc4ccc(Cl)c(Cl)c4F)c3n2)[C@H]1C. The minimum atomic E-state index is -0.696. The van der Waals surface area contributed by atoms with E-state index in [-0.39, 0.29) is 39.6 Å². The van der Waals surface area contributed by atoms with Crippen molar-refractivity contribution in [2.45, 2.75) is 19.1 Å². The number of amides is 1. The number of hydrogen-bond acceptors (Lipinski definition) is 6. The average molecular weight is 448 g/mol. The number of benzene rings is 1. The zero-order valence-corrected chi connectivity index (χ0v) is 17.3. The lowest BCUT2D eigenvalue weighted by molar-refractivity contribution is -0.141. The third kappa shape index (κ3) is 3.64. The topological polar surface area (TPSA) is 80.2 Å². The molecule has 154 valence electrons. The number of carbonyl (C=O) groups excluding carboxylic acids is 1. The minimum absolute atomic E-state index is 0.101. The van der Waals surface area contributed by atoms with Crippen LogP contribution < -0.4 is 10.1 Å². The molecule has 1 amide bonds. The fraction of sp³-hybridized carbons (Fsp3) is 0.200. The van der Waals surface area contributed by atoms with Crippen molar-refractivity contribution in [1.82, 2.24) is 19.9 Å². The molecule has 3 aromatic rings. The monoisotopic (exact) mass is 447 g/mol. The van der Waals surface area contributed by atoms with Crippen LogP contribution in [0.5, 0.6) is 5.88 Å². The molecule has 1 aromatic carbocycles. The van der Waals surface area contributed by atoms with Crippen molar-refractivity contribution in [2.24, 2.45) is 0 Å². The molecule has 10 heteroatoms. The Bertz CT molecular complexity index is 1160. The summed E-state index contributed by atoms with van der Waals surface area (Å²) >= 11 is 11.7. The first-order valence-electron chi connectivity index (χ1n) is 9.01. The zero-order chi connectivity index (χ0) is 21.4. The highest BCUT2D eigenvalue weighted by Crippen LogP contribution is 2.33. The van der Waals surface area contributed by atoms with Crippen LogP contribution in [0.25, 0.3) is 11.0 Å². The first-order valence-corrected chi connectivity index (χ1v) is 9.76. The van der Waals surface area contributed by atoms with Crippen LogP contribution in [0.15, 0.2) is 43.2 Å². The Morgan fingerprint density at radius 1 is 1.33 bits per heavy atom. The Hall–Kier alpha value is -2.97. The molecule has 0 spiro atoms. The van der Waals surface area contributed by atoms with Gasteiger partial charge in [0, 0.05) is 6.07 Å². The number of hydrogen-bond donors (Lipinski definition) is 1. The van der Waals surface area contributed by atoms with E-state index in [9.17, 15) is 9.18 Å². The van der Waals surface area contributed by atoms with Gasteiger partial charge in [-0.25, -0.2) is 19.3 Å². The Morgan fingerprint density at radius 3 is 2.87 bits per heavy atom. The Labute approximate surface area is 181 Å². The summed E-state index contributed by atoms with van der Waals surface area (Å²) in [6.45, 7) is 5.82. The van der Waals surface area contributed by atoms with Crippen molar-refractivity contribution in [1.29, 1.82) is 0 Å². The molecule has 2 atom stereocenters. The van der Waals surface area contributed by atoms with E-state index in [1.165, 1.54) is 24.5 Å². The smallest absolute Gasteiger partial charge is 0.246 e. The summed E-state index contributed by atoms with van der Waals surface area (Å²) in [7, 11) is 0. The molecule has 1 aliphatic rings. The predicted octanol–water partition coefficient (Wildman–Crippen LogP) is 4.38. The van der Waals surface area contributed by atoms with E-state index in [0.29, 0.717) is 23.5 Å². The quantitative estimate of drug-likeness (QED) is 0.461. The van der Waals surface area contributed by atoms with Crippen LogP contribution in [0.3, 0.4) is 0 Å². The number of nitrogens with one attached hydrogen (secondary N) is 1. The summed E-state index contributed by atoms with van der Waals surface area (Å²) in [4.78, 5) is 26.2. The van der Waals surface area contributed by atoms with Gasteiger partial charge >= 0.3 is 0 Å². The Morgan fingerprint density at radius 2 is 2.13 bits per heavy atom. The highest BCUT2D eigenvalue weighted by Gasteiger charge is 2.39. The molecule has 30 heavy (non-hydrogen) atoms.